The molecule has 1 N–H and O–H groups in total. The zero-order valence-electron chi connectivity index (χ0n) is 10.1. The molecule has 0 radical (unpaired) electrons. The standard InChI is InChI=1S/C15H16ClNS/c16-13-7-9-15(10-8-13)18-12-4-11-17-14-5-2-1-3-6-14/h1-3,5-10,17H,4,11-12H2. The average Bonchev–Trinajstić information content (AvgIpc) is 2.42. The van der Waals surface area contributed by atoms with Gasteiger partial charge in [-0.1, -0.05) is 29.8 Å². The molecule has 0 fully saturated rings. The third-order valence-electron chi connectivity index (χ3n) is 2.51. The van der Waals surface area contributed by atoms with Gasteiger partial charge in [-0.05, 0) is 48.6 Å². The minimum atomic E-state index is 0.796. The number of hydrogen-bond acceptors (Lipinski definition) is 2. The SMILES string of the molecule is Clc1ccc(SCCCNc2ccccc2)cc1. The highest BCUT2D eigenvalue weighted by atomic mass is 35.5. The minimum absolute atomic E-state index is 0.796. The van der Waals surface area contributed by atoms with Crippen molar-refractivity contribution in [1.29, 1.82) is 0 Å². The molecule has 94 valence electrons. The molecule has 0 aromatic heterocycles. The molecule has 0 saturated heterocycles. The Labute approximate surface area is 118 Å². The Morgan fingerprint density at radius 3 is 2.39 bits per heavy atom. The van der Waals surface area contributed by atoms with E-state index in [9.17, 15) is 0 Å². The summed E-state index contributed by atoms with van der Waals surface area (Å²) < 4.78 is 0. The topological polar surface area (TPSA) is 12.0 Å². The summed E-state index contributed by atoms with van der Waals surface area (Å²) in [5.41, 5.74) is 1.19. The quantitative estimate of drug-likeness (QED) is 0.593. The van der Waals surface area contributed by atoms with Crippen molar-refractivity contribution in [2.75, 3.05) is 17.6 Å². The van der Waals surface area contributed by atoms with Crippen molar-refractivity contribution in [2.24, 2.45) is 0 Å². The summed E-state index contributed by atoms with van der Waals surface area (Å²) >= 11 is 7.71. The maximum atomic E-state index is 5.84. The molecular formula is C15H16ClNS. The summed E-state index contributed by atoms with van der Waals surface area (Å²) in [6.07, 6.45) is 1.14. The molecule has 2 rings (SSSR count). The highest BCUT2D eigenvalue weighted by Gasteiger charge is 1.95. The van der Waals surface area contributed by atoms with Gasteiger partial charge in [0, 0.05) is 22.2 Å². The molecule has 0 unspecified atom stereocenters. The molecule has 0 amide bonds. The molecule has 0 saturated carbocycles. The van der Waals surface area contributed by atoms with E-state index in [1.807, 2.05) is 42.1 Å². The largest absolute Gasteiger partial charge is 0.385 e. The fourth-order valence-corrected chi connectivity index (χ4v) is 2.56. The first-order chi connectivity index (χ1) is 8.84. The van der Waals surface area contributed by atoms with Gasteiger partial charge < -0.3 is 5.32 Å². The van der Waals surface area contributed by atoms with E-state index in [2.05, 4.69) is 29.6 Å². The highest BCUT2D eigenvalue weighted by molar-refractivity contribution is 7.99. The lowest BCUT2D eigenvalue weighted by Gasteiger charge is -2.06. The molecule has 1 nitrogen and oxygen atoms in total. The van der Waals surface area contributed by atoms with Crippen LogP contribution in [0.25, 0.3) is 0 Å². The van der Waals surface area contributed by atoms with Crippen molar-refractivity contribution >= 4 is 29.1 Å². The van der Waals surface area contributed by atoms with E-state index >= 15 is 0 Å². The van der Waals surface area contributed by atoms with Crippen LogP contribution in [0.1, 0.15) is 6.42 Å². The van der Waals surface area contributed by atoms with Gasteiger partial charge in [-0.15, -0.1) is 11.8 Å². The van der Waals surface area contributed by atoms with E-state index in [1.54, 1.807) is 0 Å². The number of para-hydroxylation sites is 1. The molecule has 0 spiro atoms. The Bertz CT molecular complexity index is 456. The van der Waals surface area contributed by atoms with Gasteiger partial charge in [0.2, 0.25) is 0 Å². The molecule has 0 aliphatic heterocycles. The van der Waals surface area contributed by atoms with Gasteiger partial charge in [0.25, 0.3) is 0 Å². The minimum Gasteiger partial charge on any atom is -0.385 e. The van der Waals surface area contributed by atoms with Crippen molar-refractivity contribution < 1.29 is 0 Å². The van der Waals surface area contributed by atoms with Crippen LogP contribution < -0.4 is 5.32 Å². The van der Waals surface area contributed by atoms with Crippen molar-refractivity contribution in [3.05, 3.63) is 59.6 Å². The fraction of sp³-hybridized carbons (Fsp3) is 0.200. The second-order valence-electron chi connectivity index (χ2n) is 3.95. The molecule has 18 heavy (non-hydrogen) atoms. The summed E-state index contributed by atoms with van der Waals surface area (Å²) in [5.74, 6) is 1.11. The van der Waals surface area contributed by atoms with E-state index in [0.717, 1.165) is 23.7 Å². The number of hydrogen-bond donors (Lipinski definition) is 1. The van der Waals surface area contributed by atoms with Gasteiger partial charge in [-0.3, -0.25) is 0 Å². The average molecular weight is 278 g/mol. The van der Waals surface area contributed by atoms with Crippen molar-refractivity contribution in [3.63, 3.8) is 0 Å². The second-order valence-corrected chi connectivity index (χ2v) is 5.55. The van der Waals surface area contributed by atoms with Gasteiger partial charge in [-0.25, -0.2) is 0 Å². The predicted molar refractivity (Wildman–Crippen MR) is 81.7 cm³/mol. The third-order valence-corrected chi connectivity index (χ3v) is 3.86. The van der Waals surface area contributed by atoms with Gasteiger partial charge in [-0.2, -0.15) is 0 Å². The molecule has 0 atom stereocenters. The lowest BCUT2D eigenvalue weighted by atomic mass is 10.3. The zero-order chi connectivity index (χ0) is 12.6. The number of anilines is 1. The zero-order valence-corrected chi connectivity index (χ0v) is 11.7. The highest BCUT2D eigenvalue weighted by Crippen LogP contribution is 2.20. The maximum Gasteiger partial charge on any atom is 0.0406 e. The van der Waals surface area contributed by atoms with Gasteiger partial charge in [0.1, 0.15) is 0 Å². The monoisotopic (exact) mass is 277 g/mol. The Morgan fingerprint density at radius 2 is 1.67 bits per heavy atom. The van der Waals surface area contributed by atoms with Crippen LogP contribution in [-0.4, -0.2) is 12.3 Å². The van der Waals surface area contributed by atoms with Crippen LogP contribution >= 0.6 is 23.4 Å². The van der Waals surface area contributed by atoms with Crippen LogP contribution in [0.2, 0.25) is 5.02 Å². The van der Waals surface area contributed by atoms with Crippen molar-refractivity contribution in [3.8, 4) is 0 Å². The van der Waals surface area contributed by atoms with Crippen molar-refractivity contribution in [1.82, 2.24) is 0 Å². The van der Waals surface area contributed by atoms with Crippen LogP contribution in [0, 0.1) is 0 Å². The fourth-order valence-electron chi connectivity index (χ4n) is 1.58. The van der Waals surface area contributed by atoms with Crippen LogP contribution in [-0.2, 0) is 0 Å². The van der Waals surface area contributed by atoms with Gasteiger partial charge >= 0.3 is 0 Å². The lowest BCUT2D eigenvalue weighted by molar-refractivity contribution is 0.991. The molecule has 3 heteroatoms. The summed E-state index contributed by atoms with van der Waals surface area (Å²) in [4.78, 5) is 1.28. The summed E-state index contributed by atoms with van der Waals surface area (Å²) in [6.45, 7) is 1.00. The molecule has 2 aromatic carbocycles. The van der Waals surface area contributed by atoms with Crippen molar-refractivity contribution in [2.45, 2.75) is 11.3 Å². The summed E-state index contributed by atoms with van der Waals surface area (Å²) in [6, 6.07) is 18.3. The first-order valence-corrected chi connectivity index (χ1v) is 7.38. The molecule has 2 aromatic rings. The first kappa shape index (κ1) is 13.3. The first-order valence-electron chi connectivity index (χ1n) is 6.02. The normalized spacial score (nSPS) is 10.3. The van der Waals surface area contributed by atoms with E-state index in [0.29, 0.717) is 0 Å². The Hall–Kier alpha value is -1.12. The Morgan fingerprint density at radius 1 is 0.944 bits per heavy atom. The smallest absolute Gasteiger partial charge is 0.0406 e. The lowest BCUT2D eigenvalue weighted by Crippen LogP contribution is -2.01. The van der Waals surface area contributed by atoms with E-state index in [4.69, 9.17) is 11.6 Å². The predicted octanol–water partition coefficient (Wildman–Crippen LogP) is 4.93. The van der Waals surface area contributed by atoms with Crippen LogP contribution in [0.4, 0.5) is 5.69 Å². The maximum absolute atomic E-state index is 5.84. The number of rotatable bonds is 6. The summed E-state index contributed by atoms with van der Waals surface area (Å²) in [7, 11) is 0. The Balaban J connectivity index is 1.63. The third kappa shape index (κ3) is 4.63. The van der Waals surface area contributed by atoms with E-state index in [-0.39, 0.29) is 0 Å². The number of halogens is 1. The molecule has 0 heterocycles. The van der Waals surface area contributed by atoms with Crippen LogP contribution in [0.3, 0.4) is 0 Å². The molecule has 0 aliphatic carbocycles. The van der Waals surface area contributed by atoms with E-state index in [1.165, 1.54) is 10.6 Å². The molecular weight excluding hydrogens is 262 g/mol. The van der Waals surface area contributed by atoms with Crippen LogP contribution in [0.5, 0.6) is 0 Å². The molecule has 0 bridgehead atoms. The molecule has 0 aliphatic rings. The number of benzene rings is 2. The number of nitrogens with one attached hydrogen (secondary N) is 1. The van der Waals surface area contributed by atoms with Crippen LogP contribution in [0.15, 0.2) is 59.5 Å². The summed E-state index contributed by atoms with van der Waals surface area (Å²) in [5, 5.41) is 4.20. The van der Waals surface area contributed by atoms with Gasteiger partial charge in [0.15, 0.2) is 0 Å². The second kappa shape index (κ2) is 7.34. The number of thioether (sulfide) groups is 1. The van der Waals surface area contributed by atoms with Gasteiger partial charge in [0.05, 0.1) is 0 Å². The Kier molecular flexibility index (Phi) is 5.43. The van der Waals surface area contributed by atoms with E-state index < -0.39 is 0 Å².